The summed E-state index contributed by atoms with van der Waals surface area (Å²) < 4.78 is 28.5. The second kappa shape index (κ2) is 6.50. The highest BCUT2D eigenvalue weighted by Crippen LogP contribution is 2.27. The van der Waals surface area contributed by atoms with Crippen molar-refractivity contribution in [3.63, 3.8) is 0 Å². The summed E-state index contributed by atoms with van der Waals surface area (Å²) in [4.78, 5) is 2.12. The summed E-state index contributed by atoms with van der Waals surface area (Å²) in [5.41, 5.74) is 0.917. The molecule has 6 heteroatoms. The van der Waals surface area contributed by atoms with Crippen molar-refractivity contribution in [1.82, 2.24) is 4.90 Å². The van der Waals surface area contributed by atoms with Crippen LogP contribution >= 0.6 is 11.6 Å². The molecule has 0 saturated carbocycles. The van der Waals surface area contributed by atoms with Gasteiger partial charge in [0.15, 0.2) is 0 Å². The average molecular weight is 292 g/mol. The minimum Gasteiger partial charge on any atom is -0.433 e. The van der Waals surface area contributed by atoms with Crippen LogP contribution in [-0.4, -0.2) is 35.8 Å². The number of ether oxygens (including phenoxy) is 1. The number of benzene rings is 1. The quantitative estimate of drug-likeness (QED) is 0.926. The number of rotatable bonds is 4. The Labute approximate surface area is 115 Å². The van der Waals surface area contributed by atoms with Crippen molar-refractivity contribution in [3.8, 4) is 5.75 Å². The van der Waals surface area contributed by atoms with Crippen molar-refractivity contribution >= 4 is 11.6 Å². The lowest BCUT2D eigenvalue weighted by atomic mass is 10.1. The second-order valence-electron chi connectivity index (χ2n) is 4.67. The molecule has 1 fully saturated rings. The van der Waals surface area contributed by atoms with E-state index in [1.807, 2.05) is 0 Å². The van der Waals surface area contributed by atoms with E-state index in [-0.39, 0.29) is 16.9 Å². The molecule has 1 aromatic carbocycles. The molecule has 1 unspecified atom stereocenters. The number of aliphatic hydroxyl groups is 1. The maximum Gasteiger partial charge on any atom is 0.387 e. The summed E-state index contributed by atoms with van der Waals surface area (Å²) in [5, 5.41) is 9.76. The van der Waals surface area contributed by atoms with Crippen LogP contribution in [0.2, 0.25) is 5.02 Å². The Bertz CT molecular complexity index is 431. The zero-order valence-corrected chi connectivity index (χ0v) is 11.1. The number of hydrogen-bond acceptors (Lipinski definition) is 3. The van der Waals surface area contributed by atoms with E-state index in [1.165, 1.54) is 6.07 Å². The Morgan fingerprint density at radius 3 is 2.89 bits per heavy atom. The van der Waals surface area contributed by atoms with E-state index in [2.05, 4.69) is 9.64 Å². The fraction of sp³-hybridized carbons (Fsp3) is 0.538. The van der Waals surface area contributed by atoms with Crippen LogP contribution < -0.4 is 4.74 Å². The molecule has 1 atom stereocenters. The van der Waals surface area contributed by atoms with Gasteiger partial charge in [0.1, 0.15) is 5.75 Å². The molecule has 1 N–H and O–H groups in total. The third-order valence-electron chi connectivity index (χ3n) is 3.10. The molecule has 0 aliphatic carbocycles. The Morgan fingerprint density at radius 1 is 1.47 bits per heavy atom. The largest absolute Gasteiger partial charge is 0.433 e. The monoisotopic (exact) mass is 291 g/mol. The van der Waals surface area contributed by atoms with Gasteiger partial charge in [-0.15, -0.1) is 0 Å². The van der Waals surface area contributed by atoms with Crippen LogP contribution in [0, 0.1) is 0 Å². The van der Waals surface area contributed by atoms with Crippen molar-refractivity contribution in [3.05, 3.63) is 28.8 Å². The number of alkyl halides is 2. The number of hydrogen-bond donors (Lipinski definition) is 1. The molecular weight excluding hydrogens is 276 g/mol. The molecule has 1 saturated heterocycles. The molecule has 0 amide bonds. The molecule has 1 heterocycles. The number of halogens is 3. The highest BCUT2D eigenvalue weighted by atomic mass is 35.5. The first-order valence-electron chi connectivity index (χ1n) is 6.18. The molecule has 0 bridgehead atoms. The fourth-order valence-electron chi connectivity index (χ4n) is 2.27. The first kappa shape index (κ1) is 14.5. The normalized spacial score (nSPS) is 20.8. The molecule has 3 nitrogen and oxygen atoms in total. The fourth-order valence-corrected chi connectivity index (χ4v) is 2.51. The van der Waals surface area contributed by atoms with E-state index in [9.17, 15) is 13.9 Å². The molecule has 1 aliphatic rings. The summed E-state index contributed by atoms with van der Waals surface area (Å²) in [6, 6.07) is 4.79. The zero-order chi connectivity index (χ0) is 13.8. The van der Waals surface area contributed by atoms with Crippen LogP contribution in [0.3, 0.4) is 0 Å². The van der Waals surface area contributed by atoms with E-state index >= 15 is 0 Å². The van der Waals surface area contributed by atoms with Crippen LogP contribution in [-0.2, 0) is 6.54 Å². The molecule has 0 aromatic heterocycles. The molecule has 19 heavy (non-hydrogen) atoms. The number of β-amino-alcohol motifs (C(OH)–C–C–N with tert-alkyl or cyclic N) is 1. The summed E-state index contributed by atoms with van der Waals surface area (Å²) in [6.45, 7) is -0.677. The maximum atomic E-state index is 12.1. The summed E-state index contributed by atoms with van der Waals surface area (Å²) in [6.07, 6.45) is 1.51. The van der Waals surface area contributed by atoms with Gasteiger partial charge in [-0.1, -0.05) is 17.7 Å². The smallest absolute Gasteiger partial charge is 0.387 e. The van der Waals surface area contributed by atoms with Gasteiger partial charge in [0.05, 0.1) is 11.1 Å². The highest BCUT2D eigenvalue weighted by molar-refractivity contribution is 6.32. The first-order valence-corrected chi connectivity index (χ1v) is 6.56. The van der Waals surface area contributed by atoms with E-state index < -0.39 is 6.61 Å². The van der Waals surface area contributed by atoms with Gasteiger partial charge in [0, 0.05) is 13.1 Å². The highest BCUT2D eigenvalue weighted by Gasteiger charge is 2.18. The Hall–Kier alpha value is -0.910. The average Bonchev–Trinajstić information content (AvgIpc) is 2.32. The third kappa shape index (κ3) is 4.30. The molecule has 0 spiro atoms. The van der Waals surface area contributed by atoms with Gasteiger partial charge in [-0.05, 0) is 37.1 Å². The van der Waals surface area contributed by atoms with Gasteiger partial charge in [-0.25, -0.2) is 0 Å². The zero-order valence-electron chi connectivity index (χ0n) is 10.4. The van der Waals surface area contributed by atoms with E-state index in [0.29, 0.717) is 13.1 Å². The molecule has 1 aliphatic heterocycles. The van der Waals surface area contributed by atoms with Crippen LogP contribution in [0.15, 0.2) is 18.2 Å². The standard InChI is InChI=1S/C13H16ClF2NO2/c14-11-6-9(3-4-12(11)19-13(15)16)7-17-5-1-2-10(18)8-17/h3-4,6,10,13,18H,1-2,5,7-8H2. The van der Waals surface area contributed by atoms with Gasteiger partial charge in [-0.3, -0.25) is 4.90 Å². The third-order valence-corrected chi connectivity index (χ3v) is 3.39. The van der Waals surface area contributed by atoms with Crippen molar-refractivity contribution in [1.29, 1.82) is 0 Å². The molecule has 1 aromatic rings. The van der Waals surface area contributed by atoms with E-state index in [0.717, 1.165) is 24.9 Å². The van der Waals surface area contributed by atoms with E-state index in [4.69, 9.17) is 11.6 Å². The second-order valence-corrected chi connectivity index (χ2v) is 5.08. The van der Waals surface area contributed by atoms with E-state index in [1.54, 1.807) is 12.1 Å². The number of likely N-dealkylation sites (tertiary alicyclic amines) is 1. The number of piperidine rings is 1. The molecule has 106 valence electrons. The van der Waals surface area contributed by atoms with Crippen LogP contribution in [0.5, 0.6) is 5.75 Å². The topological polar surface area (TPSA) is 32.7 Å². The van der Waals surface area contributed by atoms with Crippen LogP contribution in [0.1, 0.15) is 18.4 Å². The van der Waals surface area contributed by atoms with Crippen LogP contribution in [0.25, 0.3) is 0 Å². The van der Waals surface area contributed by atoms with Crippen molar-refractivity contribution < 1.29 is 18.6 Å². The van der Waals surface area contributed by atoms with Crippen molar-refractivity contribution in [2.75, 3.05) is 13.1 Å². The lowest BCUT2D eigenvalue weighted by molar-refractivity contribution is -0.0498. The van der Waals surface area contributed by atoms with Gasteiger partial charge in [-0.2, -0.15) is 8.78 Å². The minimum atomic E-state index is -2.87. The Morgan fingerprint density at radius 2 is 2.26 bits per heavy atom. The molecule has 2 rings (SSSR count). The maximum absolute atomic E-state index is 12.1. The Balaban J connectivity index is 1.99. The molecule has 0 radical (unpaired) electrons. The van der Waals surface area contributed by atoms with Gasteiger partial charge >= 0.3 is 6.61 Å². The summed E-state index contributed by atoms with van der Waals surface area (Å²) >= 11 is 5.89. The van der Waals surface area contributed by atoms with Gasteiger partial charge in [0.25, 0.3) is 0 Å². The summed E-state index contributed by atoms with van der Waals surface area (Å²) in [7, 11) is 0. The Kier molecular flexibility index (Phi) is 4.96. The predicted octanol–water partition coefficient (Wildman–Crippen LogP) is 2.90. The summed E-state index contributed by atoms with van der Waals surface area (Å²) in [5.74, 6) is -0.0147. The number of nitrogens with zero attached hydrogens (tertiary/aromatic N) is 1. The molecular formula is C13H16ClF2NO2. The lowest BCUT2D eigenvalue weighted by Crippen LogP contribution is -2.37. The predicted molar refractivity (Wildman–Crippen MR) is 68.6 cm³/mol. The van der Waals surface area contributed by atoms with Gasteiger partial charge < -0.3 is 9.84 Å². The first-order chi connectivity index (χ1) is 9.04. The SMILES string of the molecule is OC1CCCN(Cc2ccc(OC(F)F)c(Cl)c2)C1. The minimum absolute atomic E-state index is 0.0147. The lowest BCUT2D eigenvalue weighted by Gasteiger charge is -2.30. The van der Waals surface area contributed by atoms with Crippen molar-refractivity contribution in [2.45, 2.75) is 32.1 Å². The van der Waals surface area contributed by atoms with Crippen molar-refractivity contribution in [2.24, 2.45) is 0 Å². The number of aliphatic hydroxyl groups excluding tert-OH is 1. The van der Waals surface area contributed by atoms with Gasteiger partial charge in [0.2, 0.25) is 0 Å². The van der Waals surface area contributed by atoms with Crippen LogP contribution in [0.4, 0.5) is 8.78 Å².